The lowest BCUT2D eigenvalue weighted by Crippen LogP contribution is -2.05. The molecular formula is C23H25NO4. The molecule has 3 rings (SSSR count). The van der Waals surface area contributed by atoms with Crippen LogP contribution in [0.2, 0.25) is 0 Å². The van der Waals surface area contributed by atoms with Crippen LogP contribution in [0.25, 0.3) is 6.08 Å². The molecule has 0 saturated heterocycles. The van der Waals surface area contributed by atoms with Crippen LogP contribution >= 0.6 is 0 Å². The Labute approximate surface area is 165 Å². The van der Waals surface area contributed by atoms with E-state index >= 15 is 0 Å². The maximum absolute atomic E-state index is 12.2. The lowest BCUT2D eigenvalue weighted by atomic mass is 10.00. The second-order valence-electron chi connectivity index (χ2n) is 6.93. The number of hydrogen-bond acceptors (Lipinski definition) is 5. The van der Waals surface area contributed by atoms with Gasteiger partial charge in [-0.2, -0.15) is 0 Å². The van der Waals surface area contributed by atoms with E-state index in [1.165, 1.54) is 5.56 Å². The first-order valence-corrected chi connectivity index (χ1v) is 9.32. The fraction of sp³-hybridized carbons (Fsp3) is 0.304. The average molecular weight is 379 g/mol. The summed E-state index contributed by atoms with van der Waals surface area (Å²) < 4.78 is 15.9. The predicted octanol–water partition coefficient (Wildman–Crippen LogP) is 4.76. The van der Waals surface area contributed by atoms with Crippen molar-refractivity contribution in [3.05, 3.63) is 64.9 Å². The van der Waals surface area contributed by atoms with Gasteiger partial charge in [-0.3, -0.25) is 0 Å². The van der Waals surface area contributed by atoms with Crippen LogP contribution in [0.3, 0.4) is 0 Å². The molecule has 1 aliphatic heterocycles. The zero-order valence-electron chi connectivity index (χ0n) is 16.7. The van der Waals surface area contributed by atoms with E-state index in [0.29, 0.717) is 29.7 Å². The Bertz CT molecular complexity index is 911. The monoisotopic (exact) mass is 379 g/mol. The lowest BCUT2D eigenvalue weighted by Gasteiger charge is -2.10. The number of rotatable bonds is 7. The van der Waals surface area contributed by atoms with E-state index in [2.05, 4.69) is 18.8 Å². The van der Waals surface area contributed by atoms with Gasteiger partial charge in [0.1, 0.15) is 11.5 Å². The number of hydrogen-bond donors (Lipinski definition) is 0. The second-order valence-corrected chi connectivity index (χ2v) is 6.93. The number of carbonyl (C=O) groups excluding carboxylic acids is 1. The van der Waals surface area contributed by atoms with Crippen molar-refractivity contribution >= 4 is 17.9 Å². The summed E-state index contributed by atoms with van der Waals surface area (Å²) in [4.78, 5) is 16.6. The van der Waals surface area contributed by atoms with Gasteiger partial charge in [0.2, 0.25) is 0 Å². The highest BCUT2D eigenvalue weighted by Gasteiger charge is 2.23. The molecule has 0 atom stereocenters. The van der Waals surface area contributed by atoms with Gasteiger partial charge >= 0.3 is 5.97 Å². The third-order valence-electron chi connectivity index (χ3n) is 4.66. The Morgan fingerprint density at radius 2 is 1.79 bits per heavy atom. The summed E-state index contributed by atoms with van der Waals surface area (Å²) >= 11 is 0. The van der Waals surface area contributed by atoms with Crippen LogP contribution in [0, 0.1) is 0 Å². The lowest BCUT2D eigenvalue weighted by molar-refractivity contribution is -0.130. The molecule has 28 heavy (non-hydrogen) atoms. The highest BCUT2D eigenvalue weighted by molar-refractivity contribution is 6.07. The normalized spacial score (nSPS) is 15.0. The van der Waals surface area contributed by atoms with Crippen LogP contribution in [0.1, 0.15) is 42.9 Å². The van der Waals surface area contributed by atoms with Crippen molar-refractivity contribution in [3.8, 4) is 11.5 Å². The molecular weight excluding hydrogens is 354 g/mol. The smallest absolute Gasteiger partial charge is 0.363 e. The van der Waals surface area contributed by atoms with E-state index in [4.69, 9.17) is 14.2 Å². The molecule has 0 bridgehead atoms. The fourth-order valence-electron chi connectivity index (χ4n) is 2.98. The molecule has 5 nitrogen and oxygen atoms in total. The molecule has 0 radical (unpaired) electrons. The third-order valence-corrected chi connectivity index (χ3v) is 4.66. The van der Waals surface area contributed by atoms with Crippen molar-refractivity contribution in [2.75, 3.05) is 14.2 Å². The van der Waals surface area contributed by atoms with Gasteiger partial charge in [0.15, 0.2) is 11.6 Å². The largest absolute Gasteiger partial charge is 0.497 e. The molecule has 0 unspecified atom stereocenters. The number of cyclic esters (lactones) is 1. The van der Waals surface area contributed by atoms with Gasteiger partial charge in [-0.1, -0.05) is 32.0 Å². The maximum atomic E-state index is 12.2. The van der Waals surface area contributed by atoms with Crippen molar-refractivity contribution in [2.45, 2.75) is 32.6 Å². The number of carbonyl (C=O) groups is 1. The van der Waals surface area contributed by atoms with Crippen LogP contribution in [0.15, 0.2) is 53.2 Å². The Kier molecular flexibility index (Phi) is 6.14. The molecule has 146 valence electrons. The summed E-state index contributed by atoms with van der Waals surface area (Å²) in [5.41, 5.74) is 3.41. The number of benzene rings is 2. The van der Waals surface area contributed by atoms with E-state index in [9.17, 15) is 4.79 Å². The predicted molar refractivity (Wildman–Crippen MR) is 110 cm³/mol. The first-order valence-electron chi connectivity index (χ1n) is 9.32. The fourth-order valence-corrected chi connectivity index (χ4v) is 2.98. The SMILES string of the molecule is COc1ccc(CCC2=N/C(=C\c3cc(C(C)C)ccc3OC)C(=O)O2)cc1. The number of aryl methyl sites for hydroxylation is 1. The topological polar surface area (TPSA) is 57.1 Å². The van der Waals surface area contributed by atoms with E-state index < -0.39 is 5.97 Å². The molecule has 2 aromatic carbocycles. The number of aliphatic imine (C=N–C) groups is 1. The van der Waals surface area contributed by atoms with E-state index in [1.807, 2.05) is 42.5 Å². The molecule has 0 saturated carbocycles. The summed E-state index contributed by atoms with van der Waals surface area (Å²) in [6.45, 7) is 4.25. The van der Waals surface area contributed by atoms with Gasteiger partial charge in [-0.25, -0.2) is 9.79 Å². The Balaban J connectivity index is 1.76. The Morgan fingerprint density at radius 1 is 1.04 bits per heavy atom. The summed E-state index contributed by atoms with van der Waals surface area (Å²) in [5.74, 6) is 1.90. The summed E-state index contributed by atoms with van der Waals surface area (Å²) in [6.07, 6.45) is 3.02. The van der Waals surface area contributed by atoms with Gasteiger partial charge in [-0.05, 0) is 53.8 Å². The van der Waals surface area contributed by atoms with Gasteiger partial charge in [0.05, 0.1) is 14.2 Å². The van der Waals surface area contributed by atoms with Crippen LogP contribution < -0.4 is 9.47 Å². The molecule has 1 heterocycles. The minimum Gasteiger partial charge on any atom is -0.497 e. The Hall–Kier alpha value is -3.08. The minimum atomic E-state index is -0.429. The standard InChI is InChI=1S/C23H25NO4/c1-15(2)17-8-11-21(27-4)18(13-17)14-20-23(25)28-22(24-20)12-7-16-5-9-19(26-3)10-6-16/h5-6,8-11,13-15H,7,12H2,1-4H3/b20-14-. The van der Waals surface area contributed by atoms with Crippen LogP contribution in [0.5, 0.6) is 11.5 Å². The van der Waals surface area contributed by atoms with E-state index in [1.54, 1.807) is 20.3 Å². The molecule has 0 fully saturated rings. The average Bonchev–Trinajstić information content (AvgIpc) is 3.06. The summed E-state index contributed by atoms with van der Waals surface area (Å²) in [7, 11) is 3.25. The highest BCUT2D eigenvalue weighted by atomic mass is 16.6. The molecule has 0 N–H and O–H groups in total. The zero-order chi connectivity index (χ0) is 20.1. The van der Waals surface area contributed by atoms with Crippen molar-refractivity contribution in [1.82, 2.24) is 0 Å². The van der Waals surface area contributed by atoms with Gasteiger partial charge in [-0.15, -0.1) is 0 Å². The van der Waals surface area contributed by atoms with Crippen LogP contribution in [-0.4, -0.2) is 26.1 Å². The first-order chi connectivity index (χ1) is 13.5. The maximum Gasteiger partial charge on any atom is 0.363 e. The molecule has 2 aromatic rings. The third kappa shape index (κ3) is 4.60. The Morgan fingerprint density at radius 3 is 2.43 bits per heavy atom. The van der Waals surface area contributed by atoms with Gasteiger partial charge < -0.3 is 14.2 Å². The van der Waals surface area contributed by atoms with Crippen molar-refractivity contribution in [2.24, 2.45) is 4.99 Å². The molecule has 1 aliphatic rings. The van der Waals surface area contributed by atoms with Gasteiger partial charge in [0.25, 0.3) is 0 Å². The van der Waals surface area contributed by atoms with E-state index in [-0.39, 0.29) is 0 Å². The molecule has 0 aliphatic carbocycles. The van der Waals surface area contributed by atoms with Gasteiger partial charge in [0, 0.05) is 12.0 Å². The van der Waals surface area contributed by atoms with E-state index in [0.717, 1.165) is 23.3 Å². The van der Waals surface area contributed by atoms with Crippen molar-refractivity contribution in [1.29, 1.82) is 0 Å². The second kappa shape index (κ2) is 8.74. The molecule has 0 spiro atoms. The minimum absolute atomic E-state index is 0.295. The first kappa shape index (κ1) is 19.7. The van der Waals surface area contributed by atoms with Crippen molar-refractivity contribution < 1.29 is 19.0 Å². The van der Waals surface area contributed by atoms with Crippen molar-refractivity contribution in [3.63, 3.8) is 0 Å². The number of nitrogens with zero attached hydrogens (tertiary/aromatic N) is 1. The number of ether oxygens (including phenoxy) is 3. The highest BCUT2D eigenvalue weighted by Crippen LogP contribution is 2.28. The number of methoxy groups -OCH3 is 2. The molecule has 0 amide bonds. The quantitative estimate of drug-likeness (QED) is 0.514. The zero-order valence-corrected chi connectivity index (χ0v) is 16.7. The molecule has 0 aromatic heterocycles. The number of esters is 1. The summed E-state index contributed by atoms with van der Waals surface area (Å²) in [6, 6.07) is 13.8. The summed E-state index contributed by atoms with van der Waals surface area (Å²) in [5, 5.41) is 0. The molecule has 5 heteroatoms. The van der Waals surface area contributed by atoms with Crippen LogP contribution in [0.4, 0.5) is 0 Å². The van der Waals surface area contributed by atoms with Crippen LogP contribution in [-0.2, 0) is 16.0 Å².